The number of hydrogen-bond donors (Lipinski definition) is 2. The Morgan fingerprint density at radius 3 is 2.39 bits per heavy atom. The summed E-state index contributed by atoms with van der Waals surface area (Å²) in [5.41, 5.74) is 5.01. The van der Waals surface area contributed by atoms with Gasteiger partial charge in [-0.1, -0.05) is 42.0 Å². The molecule has 0 aliphatic carbocycles. The van der Waals surface area contributed by atoms with Gasteiger partial charge in [-0.05, 0) is 79.8 Å². The smallest absolute Gasteiger partial charge is 0.236 e. The molecule has 4 rings (SSSR count). The van der Waals surface area contributed by atoms with Crippen LogP contribution in [0.15, 0.2) is 66.7 Å². The van der Waals surface area contributed by atoms with Crippen molar-refractivity contribution < 1.29 is 14.3 Å². The molecule has 214 valence electrons. The van der Waals surface area contributed by atoms with Gasteiger partial charge in [-0.2, -0.15) is 5.26 Å². The van der Waals surface area contributed by atoms with Crippen LogP contribution in [-0.2, 0) is 29.1 Å². The number of nitriles is 1. The Bertz CT molecular complexity index is 1360. The molecule has 41 heavy (non-hydrogen) atoms. The number of hydrazine groups is 1. The molecular formula is C33H39N5O3. The molecule has 0 radical (unpaired) electrons. The third-order valence-corrected chi connectivity index (χ3v) is 7.50. The van der Waals surface area contributed by atoms with Gasteiger partial charge in [0.15, 0.2) is 0 Å². The molecule has 0 fully saturated rings. The van der Waals surface area contributed by atoms with E-state index in [0.29, 0.717) is 56.1 Å². The molecule has 2 N–H and O–H groups in total. The minimum absolute atomic E-state index is 0.0206. The monoisotopic (exact) mass is 553 g/mol. The SMILES string of the molecule is CNCCNC(=O)CC(CCc1cc(C#N)ccc1Oc1ccc(C)cc1)CC(=O)N(C)N1Cc2ccccc2C1. The van der Waals surface area contributed by atoms with E-state index in [-0.39, 0.29) is 30.6 Å². The summed E-state index contributed by atoms with van der Waals surface area (Å²) in [4.78, 5) is 26.2. The van der Waals surface area contributed by atoms with Crippen LogP contribution in [0.5, 0.6) is 11.5 Å². The molecule has 0 spiro atoms. The van der Waals surface area contributed by atoms with Crippen molar-refractivity contribution in [3.8, 4) is 17.6 Å². The first-order valence-corrected chi connectivity index (χ1v) is 14.1. The second-order valence-electron chi connectivity index (χ2n) is 10.6. The number of nitrogens with one attached hydrogen (secondary N) is 2. The standard InChI is InChI=1S/C33H39N5O3/c1-24-8-13-30(14-9-24)41-31-15-11-26(21-34)18-27(31)12-10-25(19-32(39)36-17-16-35-2)20-33(40)37(3)38-22-28-6-4-5-7-29(28)23-38/h4-9,11,13-15,18,25,35H,10,12,16-17,19-20,22-23H2,1-3H3,(H,36,39). The highest BCUT2D eigenvalue weighted by atomic mass is 16.5. The van der Waals surface area contributed by atoms with Crippen molar-refractivity contribution in [2.45, 2.75) is 45.7 Å². The maximum absolute atomic E-state index is 13.5. The number of rotatable bonds is 13. The molecule has 3 aromatic rings. The predicted molar refractivity (Wildman–Crippen MR) is 159 cm³/mol. The van der Waals surface area contributed by atoms with Crippen LogP contribution in [0.25, 0.3) is 0 Å². The highest BCUT2D eigenvalue weighted by molar-refractivity contribution is 5.79. The van der Waals surface area contributed by atoms with E-state index in [1.54, 1.807) is 11.1 Å². The average molecular weight is 554 g/mol. The maximum atomic E-state index is 13.5. The lowest BCUT2D eigenvalue weighted by molar-refractivity contribution is -0.148. The van der Waals surface area contributed by atoms with Crippen molar-refractivity contribution in [3.05, 3.63) is 94.5 Å². The van der Waals surface area contributed by atoms with Gasteiger partial charge in [-0.25, -0.2) is 5.01 Å². The molecule has 1 unspecified atom stereocenters. The first-order valence-electron chi connectivity index (χ1n) is 14.1. The number of fused-ring (bicyclic) bond motifs is 1. The summed E-state index contributed by atoms with van der Waals surface area (Å²) in [6.07, 6.45) is 1.65. The number of likely N-dealkylation sites (N-methyl/N-ethyl adjacent to an activating group) is 1. The van der Waals surface area contributed by atoms with Gasteiger partial charge in [0.05, 0.1) is 11.6 Å². The van der Waals surface area contributed by atoms with Gasteiger partial charge in [-0.15, -0.1) is 0 Å². The summed E-state index contributed by atoms with van der Waals surface area (Å²) >= 11 is 0. The van der Waals surface area contributed by atoms with E-state index in [1.807, 2.05) is 74.6 Å². The van der Waals surface area contributed by atoms with E-state index in [2.05, 4.69) is 28.8 Å². The Balaban J connectivity index is 1.46. The number of carbonyl (C=O) groups excluding carboxylic acids is 2. The minimum atomic E-state index is -0.178. The summed E-state index contributed by atoms with van der Waals surface area (Å²) in [6, 6.07) is 23.6. The van der Waals surface area contributed by atoms with E-state index in [0.717, 1.165) is 11.1 Å². The van der Waals surface area contributed by atoms with E-state index in [9.17, 15) is 14.9 Å². The lowest BCUT2D eigenvalue weighted by Gasteiger charge is -2.29. The van der Waals surface area contributed by atoms with Crippen LogP contribution < -0.4 is 15.4 Å². The van der Waals surface area contributed by atoms with Gasteiger partial charge in [0.1, 0.15) is 11.5 Å². The second kappa shape index (κ2) is 14.4. The van der Waals surface area contributed by atoms with Crippen molar-refractivity contribution in [3.63, 3.8) is 0 Å². The number of aryl methyl sites for hydroxylation is 2. The number of benzene rings is 3. The third kappa shape index (κ3) is 8.40. The Kier molecular flexibility index (Phi) is 10.5. The number of ether oxygens (including phenoxy) is 1. The molecule has 0 aromatic heterocycles. The van der Waals surface area contributed by atoms with Crippen molar-refractivity contribution in [1.29, 1.82) is 5.26 Å². The summed E-state index contributed by atoms with van der Waals surface area (Å²) in [5, 5.41) is 19.2. The van der Waals surface area contributed by atoms with Gasteiger partial charge >= 0.3 is 0 Å². The molecule has 8 nitrogen and oxygen atoms in total. The van der Waals surface area contributed by atoms with E-state index in [4.69, 9.17) is 4.74 Å². The molecular weight excluding hydrogens is 514 g/mol. The highest BCUT2D eigenvalue weighted by Crippen LogP contribution is 2.30. The van der Waals surface area contributed by atoms with Crippen molar-refractivity contribution in [1.82, 2.24) is 20.7 Å². The number of hydrogen-bond acceptors (Lipinski definition) is 6. The summed E-state index contributed by atoms with van der Waals surface area (Å²) in [6.45, 7) is 4.60. The average Bonchev–Trinajstić information content (AvgIpc) is 3.41. The first kappa shape index (κ1) is 29.8. The third-order valence-electron chi connectivity index (χ3n) is 7.50. The minimum Gasteiger partial charge on any atom is -0.457 e. The summed E-state index contributed by atoms with van der Waals surface area (Å²) in [5.74, 6) is 1.11. The second-order valence-corrected chi connectivity index (χ2v) is 10.6. The Labute approximate surface area is 242 Å². The normalized spacial score (nSPS) is 13.2. The number of nitrogens with zero attached hydrogens (tertiary/aromatic N) is 3. The highest BCUT2D eigenvalue weighted by Gasteiger charge is 2.27. The summed E-state index contributed by atoms with van der Waals surface area (Å²) < 4.78 is 6.18. The zero-order valence-corrected chi connectivity index (χ0v) is 24.2. The number of amides is 2. The van der Waals surface area contributed by atoms with Gasteiger partial charge in [0, 0.05) is 46.1 Å². The summed E-state index contributed by atoms with van der Waals surface area (Å²) in [7, 11) is 3.65. The first-order chi connectivity index (χ1) is 19.9. The molecule has 0 saturated heterocycles. The van der Waals surface area contributed by atoms with Gasteiger partial charge in [-0.3, -0.25) is 14.6 Å². The van der Waals surface area contributed by atoms with Gasteiger partial charge in [0.2, 0.25) is 11.8 Å². The van der Waals surface area contributed by atoms with E-state index < -0.39 is 0 Å². The van der Waals surface area contributed by atoms with Gasteiger partial charge < -0.3 is 15.4 Å². The Morgan fingerprint density at radius 2 is 1.73 bits per heavy atom. The zero-order valence-electron chi connectivity index (χ0n) is 24.2. The molecule has 1 aliphatic rings. The molecule has 1 aliphatic heterocycles. The van der Waals surface area contributed by atoms with Crippen LogP contribution in [0, 0.1) is 24.2 Å². The maximum Gasteiger partial charge on any atom is 0.236 e. The quantitative estimate of drug-likeness (QED) is 0.298. The lowest BCUT2D eigenvalue weighted by Crippen LogP contribution is -2.41. The predicted octanol–water partition coefficient (Wildman–Crippen LogP) is 4.71. The van der Waals surface area contributed by atoms with Crippen LogP contribution in [-0.4, -0.2) is 49.0 Å². The largest absolute Gasteiger partial charge is 0.457 e. The molecule has 0 saturated carbocycles. The van der Waals surface area contributed by atoms with Gasteiger partial charge in [0.25, 0.3) is 0 Å². The molecule has 2 amide bonds. The topological polar surface area (TPSA) is 97.7 Å². The van der Waals surface area contributed by atoms with E-state index in [1.165, 1.54) is 11.1 Å². The molecule has 8 heteroatoms. The van der Waals surface area contributed by atoms with Crippen LogP contribution in [0.2, 0.25) is 0 Å². The van der Waals surface area contributed by atoms with Crippen LogP contribution in [0.1, 0.15) is 47.1 Å². The van der Waals surface area contributed by atoms with Crippen molar-refractivity contribution in [2.75, 3.05) is 27.2 Å². The fourth-order valence-corrected chi connectivity index (χ4v) is 5.04. The zero-order chi connectivity index (χ0) is 29.2. The molecule has 1 atom stereocenters. The number of carbonyl (C=O) groups is 2. The van der Waals surface area contributed by atoms with Crippen molar-refractivity contribution in [2.24, 2.45) is 5.92 Å². The van der Waals surface area contributed by atoms with Crippen LogP contribution in [0.3, 0.4) is 0 Å². The van der Waals surface area contributed by atoms with Crippen LogP contribution in [0.4, 0.5) is 0 Å². The van der Waals surface area contributed by atoms with Crippen molar-refractivity contribution >= 4 is 11.8 Å². The lowest BCUT2D eigenvalue weighted by atomic mass is 9.92. The van der Waals surface area contributed by atoms with E-state index >= 15 is 0 Å². The molecule has 3 aromatic carbocycles. The van der Waals surface area contributed by atoms with Crippen LogP contribution >= 0.6 is 0 Å². The fraction of sp³-hybridized carbons (Fsp3) is 0.364. The molecule has 0 bridgehead atoms. The molecule has 1 heterocycles. The Hall–Kier alpha value is -4.19. The fourth-order valence-electron chi connectivity index (χ4n) is 5.04. The Morgan fingerprint density at radius 1 is 1.02 bits per heavy atom.